The predicted octanol–water partition coefficient (Wildman–Crippen LogP) is 8.60. The fraction of sp³-hybridized carbons (Fsp3) is 0.963. The molecule has 0 fully saturated rings. The Hall–Kier alpha value is -0.553. The zero-order chi connectivity index (χ0) is 24.1. The number of amides is 1. The first kappa shape index (κ1) is 31.4. The minimum absolute atomic E-state index is 0.167. The van der Waals surface area contributed by atoms with E-state index in [0.717, 1.165) is 31.7 Å². The lowest BCUT2D eigenvalue weighted by molar-refractivity contribution is 0.110. The van der Waals surface area contributed by atoms with Crippen molar-refractivity contribution >= 4 is 14.2 Å². The molecule has 0 N–H and O–H groups in total. The lowest BCUT2D eigenvalue weighted by Gasteiger charge is -2.30. The molecule has 0 saturated carbocycles. The van der Waals surface area contributed by atoms with E-state index in [2.05, 4.69) is 27.3 Å². The summed E-state index contributed by atoms with van der Waals surface area (Å²) in [6.45, 7) is 10.6. The Morgan fingerprint density at radius 1 is 0.812 bits per heavy atom. The van der Waals surface area contributed by atoms with Crippen molar-refractivity contribution < 1.29 is 14.3 Å². The molecule has 0 saturated heterocycles. The van der Waals surface area contributed by atoms with Gasteiger partial charge in [-0.05, 0) is 18.4 Å². The molecule has 192 valence electrons. The average molecular weight is 472 g/mol. The quantitative estimate of drug-likeness (QED) is 0.117. The van der Waals surface area contributed by atoms with E-state index in [0.29, 0.717) is 12.1 Å². The van der Waals surface area contributed by atoms with Crippen LogP contribution in [-0.2, 0) is 9.47 Å². The maximum atomic E-state index is 12.2. The number of hydrogen-bond donors (Lipinski definition) is 0. The highest BCUT2D eigenvalue weighted by molar-refractivity contribution is 6.79. The normalized spacial score (nSPS) is 13.3. The minimum atomic E-state index is -1.41. The molecule has 32 heavy (non-hydrogen) atoms. The average Bonchev–Trinajstić information content (AvgIpc) is 2.76. The van der Waals surface area contributed by atoms with E-state index in [1.807, 2.05) is 7.05 Å². The van der Waals surface area contributed by atoms with Crippen molar-refractivity contribution in [1.82, 2.24) is 4.90 Å². The summed E-state index contributed by atoms with van der Waals surface area (Å²) in [7, 11) is 2.25. The van der Waals surface area contributed by atoms with Crippen molar-refractivity contribution in [3.05, 3.63) is 0 Å². The Morgan fingerprint density at radius 2 is 1.28 bits per heavy atom. The number of ether oxygens (including phenoxy) is 2. The van der Waals surface area contributed by atoms with Crippen LogP contribution in [0.4, 0.5) is 4.79 Å². The van der Waals surface area contributed by atoms with E-state index in [9.17, 15) is 4.79 Å². The van der Waals surface area contributed by atoms with Gasteiger partial charge in [-0.2, -0.15) is 0 Å². The van der Waals surface area contributed by atoms with Crippen LogP contribution in [0.15, 0.2) is 0 Å². The van der Waals surface area contributed by atoms with Crippen LogP contribution < -0.4 is 0 Å². The zero-order valence-electron chi connectivity index (χ0n) is 22.7. The highest BCUT2D eigenvalue weighted by Crippen LogP contribution is 2.26. The van der Waals surface area contributed by atoms with Crippen molar-refractivity contribution in [2.24, 2.45) is 0 Å². The molecule has 1 atom stereocenters. The Kier molecular flexibility index (Phi) is 20.6. The number of hydrogen-bond acceptors (Lipinski definition) is 3. The molecule has 5 heteroatoms. The molecule has 0 radical (unpaired) electrons. The third-order valence-electron chi connectivity index (χ3n) is 7.14. The lowest BCUT2D eigenvalue weighted by Crippen LogP contribution is -2.40. The van der Waals surface area contributed by atoms with Crippen LogP contribution >= 0.6 is 0 Å². The maximum absolute atomic E-state index is 12.2. The van der Waals surface area contributed by atoms with E-state index in [1.165, 1.54) is 83.5 Å². The minimum Gasteiger partial charge on any atom is -0.449 e. The van der Waals surface area contributed by atoms with Gasteiger partial charge in [-0.3, -0.25) is 0 Å². The number of carbonyl (C=O) groups excluding carboxylic acids is 1. The lowest BCUT2D eigenvalue weighted by atomic mass is 10.0. The summed E-state index contributed by atoms with van der Waals surface area (Å²) in [5, 5.41) is 0. The summed E-state index contributed by atoms with van der Waals surface area (Å²) >= 11 is 0. The number of unbranched alkanes of at least 4 members (excludes halogenated alkanes) is 13. The Labute approximate surface area is 202 Å². The van der Waals surface area contributed by atoms with Crippen LogP contribution in [0.3, 0.4) is 0 Å². The largest absolute Gasteiger partial charge is 0.449 e. The first-order valence-electron chi connectivity index (χ1n) is 13.7. The first-order valence-corrected chi connectivity index (χ1v) is 16.7. The number of rotatable bonds is 22. The van der Waals surface area contributed by atoms with Crippen LogP contribution in [-0.4, -0.2) is 52.6 Å². The smallest absolute Gasteiger partial charge is 0.409 e. The van der Waals surface area contributed by atoms with E-state index in [-0.39, 0.29) is 6.09 Å². The van der Waals surface area contributed by atoms with Crippen LogP contribution in [0.2, 0.25) is 18.1 Å². The van der Waals surface area contributed by atoms with Gasteiger partial charge in [0.2, 0.25) is 0 Å². The molecule has 4 nitrogen and oxygen atoms in total. The van der Waals surface area contributed by atoms with Crippen molar-refractivity contribution in [3.63, 3.8) is 0 Å². The molecule has 0 spiro atoms. The highest BCUT2D eigenvalue weighted by Gasteiger charge is 2.30. The van der Waals surface area contributed by atoms with Crippen LogP contribution in [0.5, 0.6) is 0 Å². The van der Waals surface area contributed by atoms with Gasteiger partial charge in [-0.15, -0.1) is 0 Å². The molecule has 0 aromatic heterocycles. The molecule has 0 aliphatic heterocycles. The summed E-state index contributed by atoms with van der Waals surface area (Å²) in [6.07, 6.45) is 20.7. The summed E-state index contributed by atoms with van der Waals surface area (Å²) in [6, 6.07) is 1.15. The zero-order valence-corrected chi connectivity index (χ0v) is 23.7. The van der Waals surface area contributed by atoms with Gasteiger partial charge in [0.1, 0.15) is 0 Å². The molecule has 0 bridgehead atoms. The maximum Gasteiger partial charge on any atom is 0.409 e. The Bertz CT molecular complexity index is 433. The molecule has 0 aliphatic rings. The van der Waals surface area contributed by atoms with Gasteiger partial charge >= 0.3 is 6.09 Å². The third-order valence-corrected chi connectivity index (χ3v) is 12.4. The number of carbonyl (C=O) groups is 1. The van der Waals surface area contributed by atoms with Gasteiger partial charge in [-0.25, -0.2) is 4.79 Å². The van der Waals surface area contributed by atoms with Gasteiger partial charge in [0, 0.05) is 26.9 Å². The third kappa shape index (κ3) is 17.0. The first-order chi connectivity index (χ1) is 15.4. The van der Waals surface area contributed by atoms with Crippen LogP contribution in [0, 0.1) is 0 Å². The van der Waals surface area contributed by atoms with Gasteiger partial charge in [0.05, 0.1) is 14.7 Å². The van der Waals surface area contributed by atoms with E-state index in [1.54, 1.807) is 12.0 Å². The Morgan fingerprint density at radius 3 is 1.72 bits per heavy atom. The monoisotopic (exact) mass is 471 g/mol. The van der Waals surface area contributed by atoms with E-state index in [4.69, 9.17) is 9.47 Å². The highest BCUT2D eigenvalue weighted by atomic mass is 28.3. The molecule has 1 amide bonds. The van der Waals surface area contributed by atoms with Gasteiger partial charge in [0.25, 0.3) is 0 Å². The fourth-order valence-corrected chi connectivity index (χ4v) is 6.90. The van der Waals surface area contributed by atoms with Crippen molar-refractivity contribution in [2.45, 2.75) is 135 Å². The van der Waals surface area contributed by atoms with Crippen molar-refractivity contribution in [2.75, 3.05) is 33.5 Å². The van der Waals surface area contributed by atoms with E-state index < -0.39 is 8.07 Å². The molecular formula is C27H57NO3Si. The second kappa shape index (κ2) is 21.0. The molecule has 1 unspecified atom stereocenters. The summed E-state index contributed by atoms with van der Waals surface area (Å²) in [5.41, 5.74) is 0.682. The number of nitrogens with zero attached hydrogens (tertiary/aromatic N) is 1. The summed E-state index contributed by atoms with van der Waals surface area (Å²) in [5.74, 6) is 0. The molecule has 0 rings (SSSR count). The van der Waals surface area contributed by atoms with E-state index >= 15 is 0 Å². The molecule has 0 aliphatic carbocycles. The topological polar surface area (TPSA) is 38.8 Å². The van der Waals surface area contributed by atoms with Gasteiger partial charge in [-0.1, -0.05) is 117 Å². The van der Waals surface area contributed by atoms with Crippen molar-refractivity contribution in [3.8, 4) is 0 Å². The molecular weight excluding hydrogens is 414 g/mol. The fourth-order valence-electron chi connectivity index (χ4n) is 4.24. The second-order valence-electron chi connectivity index (χ2n) is 10.5. The summed E-state index contributed by atoms with van der Waals surface area (Å²) in [4.78, 5) is 13.9. The van der Waals surface area contributed by atoms with Crippen LogP contribution in [0.25, 0.3) is 0 Å². The predicted molar refractivity (Wildman–Crippen MR) is 142 cm³/mol. The summed E-state index contributed by atoms with van der Waals surface area (Å²) < 4.78 is 10.9. The van der Waals surface area contributed by atoms with Gasteiger partial charge in [0.15, 0.2) is 0 Å². The second-order valence-corrected chi connectivity index (χ2v) is 15.7. The standard InChI is InChI=1S/C27H57NO3Si/c1-7-8-9-10-11-12-13-14-15-16-17-18-19-20-22-28(4)27(29)31-23-21-24-32(6,25-30-5)26(2)3/h26H,7-25H2,1-6H3. The molecule has 0 heterocycles. The number of methoxy groups -OCH3 is 1. The molecule has 0 aromatic carbocycles. The SMILES string of the molecule is CCCCCCCCCCCCCCCCN(C)C(=O)OCCC[Si](C)(COC)C(C)C. The molecule has 0 aromatic rings. The van der Waals surface area contributed by atoms with Gasteiger partial charge < -0.3 is 14.4 Å². The van der Waals surface area contributed by atoms with Crippen LogP contribution in [0.1, 0.15) is 117 Å². The van der Waals surface area contributed by atoms with Crippen molar-refractivity contribution in [1.29, 1.82) is 0 Å². The Balaban J connectivity index is 3.56.